The van der Waals surface area contributed by atoms with Crippen molar-refractivity contribution < 1.29 is 0 Å². The quantitative estimate of drug-likeness (QED) is 0.765. The van der Waals surface area contributed by atoms with E-state index in [2.05, 4.69) is 36.0 Å². The summed E-state index contributed by atoms with van der Waals surface area (Å²) >= 11 is 7.69. The fourth-order valence-corrected chi connectivity index (χ4v) is 2.90. The normalized spacial score (nSPS) is 15.2. The maximum atomic E-state index is 5.96. The van der Waals surface area contributed by atoms with E-state index in [1.807, 2.05) is 12.2 Å². The van der Waals surface area contributed by atoms with Crippen LogP contribution in [-0.2, 0) is 0 Å². The Morgan fingerprint density at radius 3 is 2.94 bits per heavy atom. The van der Waals surface area contributed by atoms with Crippen molar-refractivity contribution in [2.24, 2.45) is 0 Å². The minimum Gasteiger partial charge on any atom is -0.369 e. The molecule has 1 aromatic heterocycles. The third-order valence-corrected chi connectivity index (χ3v) is 4.11. The van der Waals surface area contributed by atoms with E-state index in [1.54, 1.807) is 11.3 Å². The van der Waals surface area contributed by atoms with Crippen LogP contribution in [0.15, 0.2) is 40.8 Å². The van der Waals surface area contributed by atoms with Crippen LogP contribution in [-0.4, -0.2) is 13.6 Å². The Kier molecular flexibility index (Phi) is 4.08. The van der Waals surface area contributed by atoms with E-state index in [-0.39, 0.29) is 0 Å². The van der Waals surface area contributed by atoms with Crippen molar-refractivity contribution in [2.75, 3.05) is 18.5 Å². The van der Waals surface area contributed by atoms with Crippen molar-refractivity contribution in [2.45, 2.75) is 12.8 Å². The molecule has 2 rings (SSSR count). The molecule has 3 heteroatoms. The standard InChI is InChI=1S/C14H16ClNS/c1-3-14-13(8-9-17-14)16(2)10-11-4-6-12(15)7-5-11/h3-4,6,8-9H,1,5,7,10H2,2H3. The zero-order valence-corrected chi connectivity index (χ0v) is 11.5. The molecule has 0 amide bonds. The minimum atomic E-state index is 0.957. The van der Waals surface area contributed by atoms with Gasteiger partial charge in [0.05, 0.1) is 5.69 Å². The highest BCUT2D eigenvalue weighted by atomic mass is 35.5. The van der Waals surface area contributed by atoms with E-state index in [1.165, 1.54) is 16.1 Å². The molecule has 0 radical (unpaired) electrons. The van der Waals surface area contributed by atoms with Gasteiger partial charge in [0.25, 0.3) is 0 Å². The molecule has 0 saturated carbocycles. The molecule has 0 saturated heterocycles. The highest BCUT2D eigenvalue weighted by Crippen LogP contribution is 2.28. The molecule has 90 valence electrons. The second-order valence-electron chi connectivity index (χ2n) is 4.17. The van der Waals surface area contributed by atoms with Crippen LogP contribution in [0.25, 0.3) is 6.08 Å². The van der Waals surface area contributed by atoms with E-state index in [4.69, 9.17) is 11.6 Å². The van der Waals surface area contributed by atoms with Crippen molar-refractivity contribution in [3.8, 4) is 0 Å². The lowest BCUT2D eigenvalue weighted by molar-refractivity contribution is 0.868. The molecule has 0 spiro atoms. The number of likely N-dealkylation sites (N-methyl/N-ethyl adjacent to an activating group) is 1. The Labute approximate surface area is 112 Å². The third kappa shape index (κ3) is 3.02. The predicted octanol–water partition coefficient (Wildman–Crippen LogP) is 4.67. The van der Waals surface area contributed by atoms with Crippen LogP contribution in [0, 0.1) is 0 Å². The van der Waals surface area contributed by atoms with Crippen molar-refractivity contribution in [1.29, 1.82) is 0 Å². The van der Waals surface area contributed by atoms with Crippen molar-refractivity contribution in [3.05, 3.63) is 45.7 Å². The van der Waals surface area contributed by atoms with Crippen LogP contribution in [0.5, 0.6) is 0 Å². The average Bonchev–Trinajstić information content (AvgIpc) is 2.80. The van der Waals surface area contributed by atoms with E-state index in [0.717, 1.165) is 24.4 Å². The first-order chi connectivity index (χ1) is 8.20. The zero-order valence-electron chi connectivity index (χ0n) is 9.95. The summed E-state index contributed by atoms with van der Waals surface area (Å²) < 4.78 is 0. The summed E-state index contributed by atoms with van der Waals surface area (Å²) in [6.45, 7) is 4.80. The highest BCUT2D eigenvalue weighted by molar-refractivity contribution is 7.11. The topological polar surface area (TPSA) is 3.24 Å². The Bertz CT molecular complexity index is 470. The summed E-state index contributed by atoms with van der Waals surface area (Å²) in [5.41, 5.74) is 2.68. The second-order valence-corrected chi connectivity index (χ2v) is 5.60. The summed E-state index contributed by atoms with van der Waals surface area (Å²) in [6.07, 6.45) is 8.10. The van der Waals surface area contributed by atoms with Gasteiger partial charge in [-0.2, -0.15) is 0 Å². The molecule has 1 heterocycles. The lowest BCUT2D eigenvalue weighted by Crippen LogP contribution is -2.20. The number of hydrogen-bond acceptors (Lipinski definition) is 2. The van der Waals surface area contributed by atoms with Gasteiger partial charge in [-0.05, 0) is 30.4 Å². The molecule has 1 aliphatic carbocycles. The first-order valence-corrected chi connectivity index (χ1v) is 6.91. The van der Waals surface area contributed by atoms with E-state index >= 15 is 0 Å². The summed E-state index contributed by atoms with van der Waals surface area (Å²) in [7, 11) is 2.12. The van der Waals surface area contributed by atoms with Crippen molar-refractivity contribution in [1.82, 2.24) is 0 Å². The van der Waals surface area contributed by atoms with Gasteiger partial charge in [0.15, 0.2) is 0 Å². The van der Waals surface area contributed by atoms with E-state index < -0.39 is 0 Å². The molecule has 1 aromatic rings. The summed E-state index contributed by atoms with van der Waals surface area (Å²) in [4.78, 5) is 3.50. The van der Waals surface area contributed by atoms with Gasteiger partial charge in [-0.15, -0.1) is 11.3 Å². The molecule has 0 N–H and O–H groups in total. The molecule has 1 aliphatic rings. The molecular weight excluding hydrogens is 250 g/mol. The zero-order chi connectivity index (χ0) is 12.3. The smallest absolute Gasteiger partial charge is 0.0549 e. The Hall–Kier alpha value is -0.990. The second kappa shape index (κ2) is 5.56. The number of hydrogen-bond donors (Lipinski definition) is 0. The van der Waals surface area contributed by atoms with Gasteiger partial charge in [-0.3, -0.25) is 0 Å². The molecule has 17 heavy (non-hydrogen) atoms. The maximum Gasteiger partial charge on any atom is 0.0549 e. The number of halogens is 1. The number of rotatable bonds is 4. The van der Waals surface area contributed by atoms with Crippen LogP contribution in [0.1, 0.15) is 17.7 Å². The van der Waals surface area contributed by atoms with Crippen LogP contribution in [0.3, 0.4) is 0 Å². The fraction of sp³-hybridized carbons (Fsp3) is 0.286. The van der Waals surface area contributed by atoms with Crippen LogP contribution >= 0.6 is 22.9 Å². The Balaban J connectivity index is 2.07. The third-order valence-electron chi connectivity index (χ3n) is 2.90. The highest BCUT2D eigenvalue weighted by Gasteiger charge is 2.10. The first-order valence-electron chi connectivity index (χ1n) is 5.66. The van der Waals surface area contributed by atoms with Gasteiger partial charge in [0.1, 0.15) is 0 Å². The van der Waals surface area contributed by atoms with Crippen molar-refractivity contribution in [3.63, 3.8) is 0 Å². The number of nitrogens with zero attached hydrogens (tertiary/aromatic N) is 1. The van der Waals surface area contributed by atoms with Crippen molar-refractivity contribution >= 4 is 34.7 Å². The summed E-state index contributed by atoms with van der Waals surface area (Å²) in [6, 6.07) is 2.15. The fourth-order valence-electron chi connectivity index (χ4n) is 1.96. The summed E-state index contributed by atoms with van der Waals surface area (Å²) in [5, 5.41) is 3.06. The molecule has 1 nitrogen and oxygen atoms in total. The predicted molar refractivity (Wildman–Crippen MR) is 78.9 cm³/mol. The van der Waals surface area contributed by atoms with Gasteiger partial charge in [-0.1, -0.05) is 35.9 Å². The first kappa shape index (κ1) is 12.5. The summed E-state index contributed by atoms with van der Waals surface area (Å²) in [5.74, 6) is 0. The van der Waals surface area contributed by atoms with Crippen LogP contribution < -0.4 is 4.90 Å². The maximum absolute atomic E-state index is 5.96. The molecule has 0 fully saturated rings. The molecule has 0 unspecified atom stereocenters. The van der Waals surface area contributed by atoms with Gasteiger partial charge >= 0.3 is 0 Å². The largest absolute Gasteiger partial charge is 0.369 e. The SMILES string of the molecule is C=Cc1sccc1N(C)CC1=CC=C(Cl)CC1. The molecule has 0 bridgehead atoms. The van der Waals surface area contributed by atoms with E-state index in [0.29, 0.717) is 0 Å². The van der Waals surface area contributed by atoms with Crippen LogP contribution in [0.4, 0.5) is 5.69 Å². The average molecular weight is 266 g/mol. The number of anilines is 1. The minimum absolute atomic E-state index is 0.957. The molecule has 0 aromatic carbocycles. The van der Waals surface area contributed by atoms with Gasteiger partial charge in [-0.25, -0.2) is 0 Å². The number of thiophene rings is 1. The number of allylic oxidation sites excluding steroid dienone is 3. The molecular formula is C14H16ClNS. The Morgan fingerprint density at radius 1 is 1.47 bits per heavy atom. The van der Waals surface area contributed by atoms with Gasteiger partial charge in [0, 0.05) is 23.5 Å². The lowest BCUT2D eigenvalue weighted by atomic mass is 10.0. The molecule has 0 atom stereocenters. The lowest BCUT2D eigenvalue weighted by Gasteiger charge is -2.22. The van der Waals surface area contributed by atoms with Crippen LogP contribution in [0.2, 0.25) is 0 Å². The van der Waals surface area contributed by atoms with E-state index in [9.17, 15) is 0 Å². The monoisotopic (exact) mass is 265 g/mol. The van der Waals surface area contributed by atoms with Gasteiger partial charge < -0.3 is 4.90 Å². The molecule has 0 aliphatic heterocycles. The van der Waals surface area contributed by atoms with Gasteiger partial charge in [0.2, 0.25) is 0 Å². The Morgan fingerprint density at radius 2 is 2.29 bits per heavy atom.